The molecule has 0 aliphatic heterocycles. The Balaban J connectivity index is 1.50. The molecular weight excluding hydrogens is 297 g/mol. The van der Waals surface area contributed by atoms with Gasteiger partial charge < -0.3 is 0 Å². The van der Waals surface area contributed by atoms with Crippen molar-refractivity contribution in [3.05, 3.63) is 35.4 Å². The van der Waals surface area contributed by atoms with E-state index in [2.05, 4.69) is 0 Å². The molecular formula is C20H27F3. The molecule has 2 saturated carbocycles. The van der Waals surface area contributed by atoms with Gasteiger partial charge in [-0.15, -0.1) is 0 Å². The summed E-state index contributed by atoms with van der Waals surface area (Å²) in [6, 6.07) is 4.37. The first-order chi connectivity index (χ1) is 11.2. The second-order valence-corrected chi connectivity index (χ2v) is 7.54. The lowest BCUT2D eigenvalue weighted by Crippen LogP contribution is -2.25. The SMILES string of the molecule is FCC[C@H]1CC[C@H](C2CCC(c3ccc(F)c(F)c3)CC2)CC1. The van der Waals surface area contributed by atoms with E-state index in [4.69, 9.17) is 0 Å². The maximum Gasteiger partial charge on any atom is 0.159 e. The zero-order chi connectivity index (χ0) is 16.2. The van der Waals surface area contributed by atoms with Crippen molar-refractivity contribution in [1.82, 2.24) is 0 Å². The highest BCUT2D eigenvalue weighted by Crippen LogP contribution is 2.44. The van der Waals surface area contributed by atoms with Crippen LogP contribution in [-0.2, 0) is 0 Å². The summed E-state index contributed by atoms with van der Waals surface area (Å²) in [4.78, 5) is 0. The van der Waals surface area contributed by atoms with Crippen LogP contribution >= 0.6 is 0 Å². The van der Waals surface area contributed by atoms with Crippen molar-refractivity contribution in [3.8, 4) is 0 Å². The predicted molar refractivity (Wildman–Crippen MR) is 87.1 cm³/mol. The van der Waals surface area contributed by atoms with Crippen molar-refractivity contribution >= 4 is 0 Å². The van der Waals surface area contributed by atoms with Gasteiger partial charge in [0, 0.05) is 0 Å². The van der Waals surface area contributed by atoms with Gasteiger partial charge in [0.05, 0.1) is 6.67 Å². The van der Waals surface area contributed by atoms with Crippen LogP contribution in [0.15, 0.2) is 18.2 Å². The highest BCUT2D eigenvalue weighted by Gasteiger charge is 2.31. The number of halogens is 3. The molecule has 1 aromatic rings. The van der Waals surface area contributed by atoms with Gasteiger partial charge in [-0.05, 0) is 86.3 Å². The van der Waals surface area contributed by atoms with E-state index in [1.54, 1.807) is 6.07 Å². The zero-order valence-corrected chi connectivity index (χ0v) is 13.7. The lowest BCUT2D eigenvalue weighted by molar-refractivity contribution is 0.153. The third kappa shape index (κ3) is 4.10. The van der Waals surface area contributed by atoms with Crippen LogP contribution in [0.25, 0.3) is 0 Å². The van der Waals surface area contributed by atoms with E-state index in [1.807, 2.05) is 0 Å². The molecule has 2 aliphatic carbocycles. The van der Waals surface area contributed by atoms with Gasteiger partial charge in [0.15, 0.2) is 11.6 Å². The maximum atomic E-state index is 13.4. The van der Waals surface area contributed by atoms with E-state index in [9.17, 15) is 13.2 Å². The molecule has 0 spiro atoms. The van der Waals surface area contributed by atoms with E-state index in [1.165, 1.54) is 50.7 Å². The minimum Gasteiger partial charge on any atom is -0.251 e. The van der Waals surface area contributed by atoms with Crippen molar-refractivity contribution in [2.45, 2.75) is 63.7 Å². The Bertz CT molecular complexity index is 498. The van der Waals surface area contributed by atoms with Crippen molar-refractivity contribution in [2.24, 2.45) is 17.8 Å². The number of rotatable bonds is 4. The number of alkyl halides is 1. The van der Waals surface area contributed by atoms with Crippen LogP contribution in [0.1, 0.15) is 69.3 Å². The Morgan fingerprint density at radius 1 is 0.783 bits per heavy atom. The van der Waals surface area contributed by atoms with Gasteiger partial charge in [-0.1, -0.05) is 18.9 Å². The molecule has 0 bridgehead atoms. The first-order valence-electron chi connectivity index (χ1n) is 9.18. The summed E-state index contributed by atoms with van der Waals surface area (Å²) in [7, 11) is 0. The Morgan fingerprint density at radius 2 is 1.39 bits per heavy atom. The molecule has 0 unspecified atom stereocenters. The maximum absolute atomic E-state index is 13.4. The average molecular weight is 324 g/mol. The van der Waals surface area contributed by atoms with Crippen LogP contribution in [0.5, 0.6) is 0 Å². The van der Waals surface area contributed by atoms with E-state index < -0.39 is 11.6 Å². The highest BCUT2D eigenvalue weighted by molar-refractivity contribution is 5.22. The van der Waals surface area contributed by atoms with Crippen LogP contribution in [0.4, 0.5) is 13.2 Å². The van der Waals surface area contributed by atoms with Gasteiger partial charge in [0.2, 0.25) is 0 Å². The molecule has 0 aromatic heterocycles. The Morgan fingerprint density at radius 3 is 1.96 bits per heavy atom. The fourth-order valence-corrected chi connectivity index (χ4v) is 4.79. The molecule has 3 heteroatoms. The lowest BCUT2D eigenvalue weighted by atomic mass is 9.68. The lowest BCUT2D eigenvalue weighted by Gasteiger charge is -2.38. The summed E-state index contributed by atoms with van der Waals surface area (Å²) in [6.45, 7) is -0.172. The van der Waals surface area contributed by atoms with Crippen molar-refractivity contribution in [1.29, 1.82) is 0 Å². The van der Waals surface area contributed by atoms with Crippen LogP contribution in [0, 0.1) is 29.4 Å². The predicted octanol–water partition coefficient (Wildman–Crippen LogP) is 6.40. The molecule has 2 aliphatic rings. The topological polar surface area (TPSA) is 0 Å². The van der Waals surface area contributed by atoms with Crippen molar-refractivity contribution < 1.29 is 13.2 Å². The molecule has 0 heterocycles. The van der Waals surface area contributed by atoms with Crippen LogP contribution in [0.3, 0.4) is 0 Å². The first kappa shape index (κ1) is 16.9. The molecule has 23 heavy (non-hydrogen) atoms. The fraction of sp³-hybridized carbons (Fsp3) is 0.700. The van der Waals surface area contributed by atoms with Gasteiger partial charge in [-0.25, -0.2) is 8.78 Å². The molecule has 3 rings (SSSR count). The fourth-order valence-electron chi connectivity index (χ4n) is 4.79. The first-order valence-corrected chi connectivity index (χ1v) is 9.18. The van der Waals surface area contributed by atoms with Crippen LogP contribution in [-0.4, -0.2) is 6.67 Å². The number of benzene rings is 1. The average Bonchev–Trinajstić information content (AvgIpc) is 2.59. The smallest absolute Gasteiger partial charge is 0.159 e. The minimum atomic E-state index is -0.757. The molecule has 0 N–H and O–H groups in total. The number of hydrogen-bond donors (Lipinski definition) is 0. The van der Waals surface area contributed by atoms with Crippen LogP contribution in [0.2, 0.25) is 0 Å². The molecule has 0 nitrogen and oxygen atoms in total. The monoisotopic (exact) mass is 324 g/mol. The van der Waals surface area contributed by atoms with Gasteiger partial charge in [-0.2, -0.15) is 0 Å². The highest BCUT2D eigenvalue weighted by atomic mass is 19.2. The molecule has 0 radical (unpaired) electrons. The van der Waals surface area contributed by atoms with E-state index in [0.717, 1.165) is 36.7 Å². The minimum absolute atomic E-state index is 0.172. The summed E-state index contributed by atoms with van der Waals surface area (Å²) in [5, 5.41) is 0. The van der Waals surface area contributed by atoms with Crippen molar-refractivity contribution in [3.63, 3.8) is 0 Å². The van der Waals surface area contributed by atoms with Gasteiger partial charge >= 0.3 is 0 Å². The molecule has 0 saturated heterocycles. The van der Waals surface area contributed by atoms with Gasteiger partial charge in [0.1, 0.15) is 0 Å². The molecule has 1 aromatic carbocycles. The third-order valence-electron chi connectivity index (χ3n) is 6.26. The third-order valence-corrected chi connectivity index (χ3v) is 6.26. The van der Waals surface area contributed by atoms with Crippen LogP contribution < -0.4 is 0 Å². The summed E-state index contributed by atoms with van der Waals surface area (Å²) < 4.78 is 38.9. The quantitative estimate of drug-likeness (QED) is 0.601. The van der Waals surface area contributed by atoms with Gasteiger partial charge in [-0.3, -0.25) is 4.39 Å². The van der Waals surface area contributed by atoms with E-state index >= 15 is 0 Å². The van der Waals surface area contributed by atoms with Crippen molar-refractivity contribution in [2.75, 3.05) is 6.67 Å². The summed E-state index contributed by atoms with van der Waals surface area (Å²) in [5.74, 6) is 1.09. The Hall–Kier alpha value is -0.990. The normalized spacial score (nSPS) is 32.0. The van der Waals surface area contributed by atoms with E-state index in [-0.39, 0.29) is 6.67 Å². The molecule has 128 valence electrons. The molecule has 0 amide bonds. The van der Waals surface area contributed by atoms with Gasteiger partial charge in [0.25, 0.3) is 0 Å². The second-order valence-electron chi connectivity index (χ2n) is 7.54. The summed E-state index contributed by atoms with van der Waals surface area (Å²) in [5.41, 5.74) is 0.953. The summed E-state index contributed by atoms with van der Waals surface area (Å²) in [6.07, 6.45) is 10.2. The molecule has 2 fully saturated rings. The summed E-state index contributed by atoms with van der Waals surface area (Å²) >= 11 is 0. The zero-order valence-electron chi connectivity index (χ0n) is 13.7. The standard InChI is InChI=1S/C20H27F3/c21-12-11-14-1-3-15(4-2-14)16-5-7-17(8-6-16)18-9-10-19(22)20(23)13-18/h9-10,13-17H,1-8,11-12H2/t14-,15-,16?,17?. The second kappa shape index (κ2) is 7.72. The molecule has 0 atom stereocenters. The number of hydrogen-bond acceptors (Lipinski definition) is 0. The Labute approximate surface area is 137 Å². The Kier molecular flexibility index (Phi) is 5.66. The van der Waals surface area contributed by atoms with E-state index in [0.29, 0.717) is 11.8 Å². The largest absolute Gasteiger partial charge is 0.251 e.